The van der Waals surface area contributed by atoms with Gasteiger partial charge in [-0.15, -0.1) is 0 Å². The van der Waals surface area contributed by atoms with Crippen LogP contribution in [-0.4, -0.2) is 25.7 Å². The minimum atomic E-state index is -0.196. The number of carbonyl (C=O) groups excluding carboxylic acids is 1. The van der Waals surface area contributed by atoms with E-state index in [4.69, 9.17) is 14.7 Å². The van der Waals surface area contributed by atoms with Crippen LogP contribution in [0.25, 0.3) is 0 Å². The van der Waals surface area contributed by atoms with Crippen LogP contribution in [0, 0.1) is 11.3 Å². The molecular weight excluding hydrogens is 352 g/mol. The Morgan fingerprint density at radius 2 is 1.79 bits per heavy atom. The second-order valence-corrected chi connectivity index (χ2v) is 7.54. The Kier molecular flexibility index (Phi) is 7.45. The lowest BCUT2D eigenvalue weighted by Crippen LogP contribution is -2.30. The van der Waals surface area contributed by atoms with Gasteiger partial charge < -0.3 is 14.8 Å². The van der Waals surface area contributed by atoms with Crippen molar-refractivity contribution in [1.82, 2.24) is 5.32 Å². The van der Waals surface area contributed by atoms with Crippen LogP contribution >= 0.6 is 0 Å². The monoisotopic (exact) mass is 380 g/mol. The van der Waals surface area contributed by atoms with Gasteiger partial charge in [-0.3, -0.25) is 4.79 Å². The van der Waals surface area contributed by atoms with Crippen LogP contribution in [0.3, 0.4) is 0 Å². The third-order valence-electron chi connectivity index (χ3n) is 4.29. The van der Waals surface area contributed by atoms with Gasteiger partial charge in [-0.1, -0.05) is 45.0 Å². The first-order valence-electron chi connectivity index (χ1n) is 9.49. The van der Waals surface area contributed by atoms with Gasteiger partial charge in [0.1, 0.15) is 0 Å². The van der Waals surface area contributed by atoms with E-state index in [1.165, 1.54) is 11.1 Å². The molecule has 5 heteroatoms. The number of nitriles is 1. The Labute approximate surface area is 167 Å². The van der Waals surface area contributed by atoms with Crippen LogP contribution < -0.4 is 14.8 Å². The molecule has 0 aliphatic carbocycles. The number of amides is 1. The van der Waals surface area contributed by atoms with E-state index in [9.17, 15) is 4.79 Å². The van der Waals surface area contributed by atoms with E-state index in [2.05, 4.69) is 56.4 Å². The summed E-state index contributed by atoms with van der Waals surface area (Å²) >= 11 is 0. The Bertz CT molecular complexity index is 830. The predicted molar refractivity (Wildman–Crippen MR) is 110 cm³/mol. The molecular formula is C23H28N2O3. The molecule has 5 nitrogen and oxygen atoms in total. The first kappa shape index (κ1) is 21.3. The quantitative estimate of drug-likeness (QED) is 0.752. The van der Waals surface area contributed by atoms with Gasteiger partial charge in [-0.05, 0) is 42.0 Å². The van der Waals surface area contributed by atoms with Crippen molar-refractivity contribution in [3.05, 3.63) is 59.2 Å². The highest BCUT2D eigenvalue weighted by molar-refractivity contribution is 5.77. The molecule has 0 radical (unpaired) electrons. The van der Waals surface area contributed by atoms with Crippen LogP contribution in [0.15, 0.2) is 42.5 Å². The second kappa shape index (κ2) is 9.80. The number of rotatable bonds is 8. The van der Waals surface area contributed by atoms with Crippen LogP contribution in [0.1, 0.15) is 44.4 Å². The van der Waals surface area contributed by atoms with Crippen molar-refractivity contribution >= 4 is 5.91 Å². The maximum atomic E-state index is 12.1. The van der Waals surface area contributed by atoms with Crippen molar-refractivity contribution in [2.24, 2.45) is 0 Å². The average molecular weight is 380 g/mol. The Morgan fingerprint density at radius 3 is 2.39 bits per heavy atom. The minimum absolute atomic E-state index is 0.102. The first-order valence-corrected chi connectivity index (χ1v) is 9.49. The van der Waals surface area contributed by atoms with Crippen LogP contribution in [0.5, 0.6) is 11.5 Å². The van der Waals surface area contributed by atoms with E-state index < -0.39 is 0 Å². The van der Waals surface area contributed by atoms with Gasteiger partial charge in [0.25, 0.3) is 5.91 Å². The normalized spacial score (nSPS) is 10.8. The summed E-state index contributed by atoms with van der Waals surface area (Å²) in [5.74, 6) is 0.722. The highest BCUT2D eigenvalue weighted by atomic mass is 16.5. The number of carbonyl (C=O) groups is 1. The molecule has 0 aliphatic rings. The topological polar surface area (TPSA) is 71.3 Å². The Balaban J connectivity index is 1.81. The van der Waals surface area contributed by atoms with Crippen molar-refractivity contribution in [3.8, 4) is 17.6 Å². The van der Waals surface area contributed by atoms with Crippen molar-refractivity contribution in [2.75, 3.05) is 19.8 Å². The van der Waals surface area contributed by atoms with E-state index in [-0.39, 0.29) is 17.9 Å². The summed E-state index contributed by atoms with van der Waals surface area (Å²) in [6.45, 7) is 9.31. The number of hydrogen-bond acceptors (Lipinski definition) is 4. The molecule has 2 rings (SSSR count). The molecule has 148 valence electrons. The highest BCUT2D eigenvalue weighted by Crippen LogP contribution is 2.28. The molecule has 1 amide bonds. The number of hydrogen-bond donors (Lipinski definition) is 1. The highest BCUT2D eigenvalue weighted by Gasteiger charge is 2.13. The molecule has 0 aromatic heterocycles. The average Bonchev–Trinajstić information content (AvgIpc) is 2.67. The van der Waals surface area contributed by atoms with E-state index in [0.29, 0.717) is 30.2 Å². The molecule has 0 atom stereocenters. The van der Waals surface area contributed by atoms with Gasteiger partial charge in [-0.2, -0.15) is 5.26 Å². The van der Waals surface area contributed by atoms with E-state index in [1.54, 1.807) is 18.2 Å². The zero-order valence-electron chi connectivity index (χ0n) is 17.0. The molecule has 2 aromatic rings. The molecule has 0 heterocycles. The predicted octanol–water partition coefficient (Wildman–Crippen LogP) is 3.99. The smallest absolute Gasteiger partial charge is 0.257 e. The zero-order chi connectivity index (χ0) is 20.6. The zero-order valence-corrected chi connectivity index (χ0v) is 17.0. The fourth-order valence-electron chi connectivity index (χ4n) is 2.68. The number of nitrogens with one attached hydrogen (secondary N) is 1. The molecule has 28 heavy (non-hydrogen) atoms. The third kappa shape index (κ3) is 6.31. The number of benzene rings is 2. The Morgan fingerprint density at radius 1 is 1.07 bits per heavy atom. The molecule has 1 N–H and O–H groups in total. The summed E-state index contributed by atoms with van der Waals surface area (Å²) in [7, 11) is 0. The molecule has 0 saturated heterocycles. The van der Waals surface area contributed by atoms with Gasteiger partial charge in [0.2, 0.25) is 0 Å². The lowest BCUT2D eigenvalue weighted by molar-refractivity contribution is -0.123. The van der Waals surface area contributed by atoms with Crippen molar-refractivity contribution in [3.63, 3.8) is 0 Å². The number of nitrogens with zero attached hydrogens (tertiary/aromatic N) is 1. The molecule has 2 aromatic carbocycles. The molecule has 0 aliphatic heterocycles. The second-order valence-electron chi connectivity index (χ2n) is 7.54. The standard InChI is InChI=1S/C23H28N2O3/c1-5-27-21-14-18(15-24)8-11-20(21)28-16-22(26)25-13-12-17-6-9-19(10-7-17)23(2,3)4/h6-11,14H,5,12-13,16H2,1-4H3,(H,25,26). The van der Waals surface area contributed by atoms with Gasteiger partial charge in [-0.25, -0.2) is 0 Å². The summed E-state index contributed by atoms with van der Waals surface area (Å²) in [5.41, 5.74) is 3.09. The molecule has 0 bridgehead atoms. The fraction of sp³-hybridized carbons (Fsp3) is 0.391. The molecule has 0 fully saturated rings. The van der Waals surface area contributed by atoms with Crippen molar-refractivity contribution in [2.45, 2.75) is 39.5 Å². The third-order valence-corrected chi connectivity index (χ3v) is 4.29. The maximum absolute atomic E-state index is 12.1. The van der Waals surface area contributed by atoms with Gasteiger partial charge in [0, 0.05) is 12.6 Å². The van der Waals surface area contributed by atoms with E-state index in [0.717, 1.165) is 6.42 Å². The largest absolute Gasteiger partial charge is 0.490 e. The SMILES string of the molecule is CCOc1cc(C#N)ccc1OCC(=O)NCCc1ccc(C(C)(C)C)cc1. The maximum Gasteiger partial charge on any atom is 0.257 e. The lowest BCUT2D eigenvalue weighted by Gasteiger charge is -2.19. The number of ether oxygens (including phenoxy) is 2. The molecule has 0 unspecified atom stereocenters. The van der Waals surface area contributed by atoms with E-state index >= 15 is 0 Å². The molecule has 0 saturated carbocycles. The summed E-state index contributed by atoms with van der Waals surface area (Å²) in [6.07, 6.45) is 0.761. The first-order chi connectivity index (χ1) is 13.3. The minimum Gasteiger partial charge on any atom is -0.490 e. The van der Waals surface area contributed by atoms with Gasteiger partial charge in [0.15, 0.2) is 18.1 Å². The van der Waals surface area contributed by atoms with Crippen LogP contribution in [0.4, 0.5) is 0 Å². The summed E-state index contributed by atoms with van der Waals surface area (Å²) < 4.78 is 11.0. The summed E-state index contributed by atoms with van der Waals surface area (Å²) in [4.78, 5) is 12.1. The van der Waals surface area contributed by atoms with Gasteiger partial charge in [0.05, 0.1) is 18.2 Å². The Hall–Kier alpha value is -3.00. The van der Waals surface area contributed by atoms with Gasteiger partial charge >= 0.3 is 0 Å². The van der Waals surface area contributed by atoms with Crippen LogP contribution in [0.2, 0.25) is 0 Å². The van der Waals surface area contributed by atoms with Crippen LogP contribution in [-0.2, 0) is 16.6 Å². The lowest BCUT2D eigenvalue weighted by atomic mass is 9.86. The van der Waals surface area contributed by atoms with E-state index in [1.807, 2.05) is 6.92 Å². The summed E-state index contributed by atoms with van der Waals surface area (Å²) in [6, 6.07) is 15.4. The van der Waals surface area contributed by atoms with Crippen molar-refractivity contribution in [1.29, 1.82) is 5.26 Å². The summed E-state index contributed by atoms with van der Waals surface area (Å²) in [5, 5.41) is 11.8. The fourth-order valence-corrected chi connectivity index (χ4v) is 2.68. The molecule has 0 spiro atoms. The van der Waals surface area contributed by atoms with Crippen molar-refractivity contribution < 1.29 is 14.3 Å².